The van der Waals surface area contributed by atoms with Crippen LogP contribution in [0.15, 0.2) is 36.5 Å². The van der Waals surface area contributed by atoms with Gasteiger partial charge in [0, 0.05) is 13.2 Å². The van der Waals surface area contributed by atoms with Crippen LogP contribution in [0.5, 0.6) is 0 Å². The Hall–Kier alpha value is -3.09. The van der Waals surface area contributed by atoms with Crippen LogP contribution in [0.1, 0.15) is 20.8 Å². The van der Waals surface area contributed by atoms with Crippen molar-refractivity contribution in [1.82, 2.24) is 14.5 Å². The van der Waals surface area contributed by atoms with E-state index in [9.17, 15) is 9.59 Å². The van der Waals surface area contributed by atoms with E-state index in [1.54, 1.807) is 48.1 Å². The van der Waals surface area contributed by atoms with E-state index in [0.717, 1.165) is 5.52 Å². The van der Waals surface area contributed by atoms with Gasteiger partial charge >= 0.3 is 5.97 Å². The molecule has 0 aliphatic rings. The van der Waals surface area contributed by atoms with Gasteiger partial charge in [-0.2, -0.15) is 0 Å². The number of hydrogen-bond acceptors (Lipinski definition) is 4. The summed E-state index contributed by atoms with van der Waals surface area (Å²) < 4.78 is 6.44. The Morgan fingerprint density at radius 2 is 2.14 bits per heavy atom. The van der Waals surface area contributed by atoms with Crippen LogP contribution in [0.2, 0.25) is 0 Å². The number of aromatic amines is 1. The van der Waals surface area contributed by atoms with Crippen LogP contribution in [0.3, 0.4) is 0 Å². The maximum Gasteiger partial charge on any atom is 0.337 e. The summed E-state index contributed by atoms with van der Waals surface area (Å²) >= 11 is 0. The lowest BCUT2D eigenvalue weighted by molar-refractivity contribution is 0.0600. The van der Waals surface area contributed by atoms with E-state index in [2.05, 4.69) is 20.0 Å². The number of amides is 1. The topological polar surface area (TPSA) is 89.0 Å². The highest BCUT2D eigenvalue weighted by atomic mass is 16.5. The first kappa shape index (κ1) is 13.9. The molecule has 0 fully saturated rings. The van der Waals surface area contributed by atoms with Gasteiger partial charge < -0.3 is 14.3 Å². The number of nitrogens with zero attached hydrogens (tertiary/aromatic N) is 2. The van der Waals surface area contributed by atoms with Gasteiger partial charge in [0.25, 0.3) is 5.91 Å². The lowest BCUT2D eigenvalue weighted by Crippen LogP contribution is -2.15. The molecule has 0 aliphatic carbocycles. The molecule has 2 aromatic heterocycles. The second kappa shape index (κ2) is 5.36. The molecule has 3 aromatic rings. The molecule has 0 saturated heterocycles. The number of aromatic nitrogens is 3. The van der Waals surface area contributed by atoms with Gasteiger partial charge in [-0.05, 0) is 30.3 Å². The van der Waals surface area contributed by atoms with Gasteiger partial charge in [-0.15, -0.1) is 0 Å². The lowest BCUT2D eigenvalue weighted by Gasteiger charge is -2.03. The molecule has 0 atom stereocenters. The minimum Gasteiger partial charge on any atom is -0.465 e. The Morgan fingerprint density at radius 1 is 1.32 bits per heavy atom. The number of carbonyl (C=O) groups excluding carboxylic acids is 2. The predicted molar refractivity (Wildman–Crippen MR) is 80.8 cm³/mol. The minimum atomic E-state index is -0.426. The summed E-state index contributed by atoms with van der Waals surface area (Å²) in [6, 6.07) is 8.47. The van der Waals surface area contributed by atoms with Crippen LogP contribution >= 0.6 is 0 Å². The molecule has 0 unspecified atom stereocenters. The van der Waals surface area contributed by atoms with Crippen molar-refractivity contribution in [2.24, 2.45) is 7.05 Å². The van der Waals surface area contributed by atoms with Crippen molar-refractivity contribution in [3.8, 4) is 0 Å². The van der Waals surface area contributed by atoms with Crippen molar-refractivity contribution in [2.45, 2.75) is 0 Å². The van der Waals surface area contributed by atoms with Gasteiger partial charge in [-0.3, -0.25) is 10.1 Å². The number of anilines is 1. The van der Waals surface area contributed by atoms with E-state index in [1.165, 1.54) is 7.11 Å². The van der Waals surface area contributed by atoms with E-state index in [4.69, 9.17) is 0 Å². The number of H-pyrrole nitrogens is 1. The molecular weight excluding hydrogens is 284 g/mol. The highest BCUT2D eigenvalue weighted by Gasteiger charge is 2.14. The second-order valence-electron chi connectivity index (χ2n) is 4.73. The van der Waals surface area contributed by atoms with Crippen LogP contribution in [0.4, 0.5) is 5.95 Å². The number of methoxy groups -OCH3 is 1. The monoisotopic (exact) mass is 298 g/mol. The summed E-state index contributed by atoms with van der Waals surface area (Å²) in [5.74, 6) is -0.308. The average Bonchev–Trinajstić information content (AvgIpc) is 3.15. The third-order valence-electron chi connectivity index (χ3n) is 3.37. The number of benzene rings is 1. The van der Waals surface area contributed by atoms with E-state index in [1.807, 2.05) is 0 Å². The van der Waals surface area contributed by atoms with Crippen molar-refractivity contribution < 1.29 is 14.3 Å². The Balaban J connectivity index is 1.95. The van der Waals surface area contributed by atoms with Gasteiger partial charge in [-0.1, -0.05) is 0 Å². The normalized spacial score (nSPS) is 10.6. The first-order valence-electron chi connectivity index (χ1n) is 6.59. The third-order valence-corrected chi connectivity index (χ3v) is 3.37. The fourth-order valence-electron chi connectivity index (χ4n) is 2.20. The SMILES string of the molecule is COC(=O)c1ccc2c(c1)nc(NC(=O)c1ccc[nH]1)n2C. The quantitative estimate of drug-likeness (QED) is 0.723. The van der Waals surface area contributed by atoms with Gasteiger partial charge in [0.1, 0.15) is 5.69 Å². The number of carbonyl (C=O) groups is 2. The first-order chi connectivity index (χ1) is 10.6. The molecule has 7 heteroatoms. The lowest BCUT2D eigenvalue weighted by atomic mass is 10.2. The van der Waals surface area contributed by atoms with Crippen molar-refractivity contribution in [1.29, 1.82) is 0 Å². The molecular formula is C15H14N4O3. The molecule has 0 saturated carbocycles. The first-order valence-corrected chi connectivity index (χ1v) is 6.59. The fraction of sp³-hybridized carbons (Fsp3) is 0.133. The summed E-state index contributed by atoms with van der Waals surface area (Å²) in [4.78, 5) is 30.8. The average molecular weight is 298 g/mol. The Morgan fingerprint density at radius 3 is 2.82 bits per heavy atom. The van der Waals surface area contributed by atoms with Crippen molar-refractivity contribution in [3.05, 3.63) is 47.8 Å². The van der Waals surface area contributed by atoms with Gasteiger partial charge in [0.15, 0.2) is 0 Å². The van der Waals surface area contributed by atoms with E-state index in [0.29, 0.717) is 22.7 Å². The number of ether oxygens (including phenoxy) is 1. The number of fused-ring (bicyclic) bond motifs is 1. The van der Waals surface area contributed by atoms with Crippen LogP contribution in [-0.2, 0) is 11.8 Å². The third kappa shape index (κ3) is 2.32. The summed E-state index contributed by atoms with van der Waals surface area (Å²) in [6.45, 7) is 0. The van der Waals surface area contributed by atoms with Crippen LogP contribution in [-0.4, -0.2) is 33.5 Å². The Kier molecular flexibility index (Phi) is 3.38. The van der Waals surface area contributed by atoms with Gasteiger partial charge in [-0.25, -0.2) is 9.78 Å². The molecule has 7 nitrogen and oxygen atoms in total. The highest BCUT2D eigenvalue weighted by molar-refractivity contribution is 6.03. The Labute approximate surface area is 125 Å². The summed E-state index contributed by atoms with van der Waals surface area (Å²) in [5, 5.41) is 2.73. The molecule has 1 aromatic carbocycles. The van der Waals surface area contributed by atoms with Crippen molar-refractivity contribution in [2.75, 3.05) is 12.4 Å². The zero-order chi connectivity index (χ0) is 15.7. The molecule has 0 bridgehead atoms. The van der Waals surface area contributed by atoms with Crippen molar-refractivity contribution >= 4 is 28.9 Å². The van der Waals surface area contributed by atoms with Crippen LogP contribution in [0, 0.1) is 0 Å². The van der Waals surface area contributed by atoms with Gasteiger partial charge in [0.05, 0.1) is 23.7 Å². The molecule has 0 radical (unpaired) electrons. The number of aryl methyl sites for hydroxylation is 1. The maximum absolute atomic E-state index is 12.1. The molecule has 1 amide bonds. The number of rotatable bonds is 3. The largest absolute Gasteiger partial charge is 0.465 e. The Bertz CT molecular complexity index is 849. The molecule has 3 rings (SSSR count). The fourth-order valence-corrected chi connectivity index (χ4v) is 2.20. The number of imidazole rings is 1. The van der Waals surface area contributed by atoms with E-state index in [-0.39, 0.29) is 5.91 Å². The van der Waals surface area contributed by atoms with Gasteiger partial charge in [0.2, 0.25) is 5.95 Å². The van der Waals surface area contributed by atoms with Crippen LogP contribution in [0.25, 0.3) is 11.0 Å². The number of nitrogens with one attached hydrogen (secondary N) is 2. The molecule has 22 heavy (non-hydrogen) atoms. The molecule has 112 valence electrons. The highest BCUT2D eigenvalue weighted by Crippen LogP contribution is 2.20. The zero-order valence-corrected chi connectivity index (χ0v) is 12.1. The molecule has 2 heterocycles. The smallest absolute Gasteiger partial charge is 0.337 e. The van der Waals surface area contributed by atoms with E-state index < -0.39 is 5.97 Å². The van der Waals surface area contributed by atoms with Crippen LogP contribution < -0.4 is 5.32 Å². The minimum absolute atomic E-state index is 0.281. The predicted octanol–water partition coefficient (Wildman–Crippen LogP) is 1.94. The summed E-state index contributed by atoms with van der Waals surface area (Å²) in [5.41, 5.74) is 2.26. The van der Waals surface area contributed by atoms with E-state index >= 15 is 0 Å². The standard InChI is InChI=1S/C15H14N4O3/c1-19-12-6-5-9(14(21)22-2)8-11(12)17-15(19)18-13(20)10-4-3-7-16-10/h3-8,16H,1-2H3,(H,17,18,20). The van der Waals surface area contributed by atoms with Crippen molar-refractivity contribution in [3.63, 3.8) is 0 Å². The summed E-state index contributed by atoms with van der Waals surface area (Å²) in [7, 11) is 3.12. The maximum atomic E-state index is 12.1. The zero-order valence-electron chi connectivity index (χ0n) is 12.1. The second-order valence-corrected chi connectivity index (χ2v) is 4.73. The summed E-state index contributed by atoms with van der Waals surface area (Å²) in [6.07, 6.45) is 1.67. The number of esters is 1. The number of hydrogen-bond donors (Lipinski definition) is 2. The molecule has 2 N–H and O–H groups in total. The molecule has 0 spiro atoms. The molecule has 0 aliphatic heterocycles.